The third kappa shape index (κ3) is 6.24. The second kappa shape index (κ2) is 10.2. The van der Waals surface area contributed by atoms with Crippen LogP contribution in [0.3, 0.4) is 0 Å². The summed E-state index contributed by atoms with van der Waals surface area (Å²) in [7, 11) is 0. The lowest BCUT2D eigenvalue weighted by Crippen LogP contribution is -2.36. The van der Waals surface area contributed by atoms with Crippen molar-refractivity contribution in [2.24, 2.45) is 4.99 Å². The van der Waals surface area contributed by atoms with Gasteiger partial charge >= 0.3 is 0 Å². The quantitative estimate of drug-likeness (QED) is 0.433. The maximum absolute atomic E-state index is 12.9. The summed E-state index contributed by atoms with van der Waals surface area (Å²) in [4.78, 5) is 33.2. The van der Waals surface area contributed by atoms with Crippen molar-refractivity contribution in [3.8, 4) is 0 Å². The highest BCUT2D eigenvalue weighted by molar-refractivity contribution is 6.10. The summed E-state index contributed by atoms with van der Waals surface area (Å²) in [5.41, 5.74) is 4.51. The molecule has 2 amide bonds. The van der Waals surface area contributed by atoms with Crippen molar-refractivity contribution in [1.29, 1.82) is 0 Å². The Morgan fingerprint density at radius 2 is 1.65 bits per heavy atom. The highest BCUT2D eigenvalue weighted by atomic mass is 16.2. The topological polar surface area (TPSA) is 95.5 Å². The molecule has 31 heavy (non-hydrogen) atoms. The SMILES string of the molecule is CC(=O)Nc1cc(C(=O)NC(=NCc2ccccn2)Nc2ccccc2C)ccc1C. The first-order chi connectivity index (χ1) is 14.9. The number of anilines is 2. The molecule has 0 spiro atoms. The van der Waals surface area contributed by atoms with E-state index in [0.717, 1.165) is 22.5 Å². The second-order valence-electron chi connectivity index (χ2n) is 7.09. The minimum atomic E-state index is -0.340. The van der Waals surface area contributed by atoms with E-state index >= 15 is 0 Å². The summed E-state index contributed by atoms with van der Waals surface area (Å²) in [6.45, 7) is 5.58. The van der Waals surface area contributed by atoms with Crippen LogP contribution in [0.25, 0.3) is 0 Å². The molecule has 0 atom stereocenters. The van der Waals surface area contributed by atoms with Crippen molar-refractivity contribution in [1.82, 2.24) is 10.3 Å². The molecular formula is C24H25N5O2. The normalized spacial score (nSPS) is 11.0. The summed E-state index contributed by atoms with van der Waals surface area (Å²) >= 11 is 0. The molecule has 7 nitrogen and oxygen atoms in total. The molecular weight excluding hydrogens is 390 g/mol. The van der Waals surface area contributed by atoms with Crippen molar-refractivity contribution in [2.75, 3.05) is 10.6 Å². The van der Waals surface area contributed by atoms with Crippen LogP contribution in [-0.4, -0.2) is 22.8 Å². The van der Waals surface area contributed by atoms with E-state index in [9.17, 15) is 9.59 Å². The van der Waals surface area contributed by atoms with Crippen molar-refractivity contribution >= 4 is 29.1 Å². The van der Waals surface area contributed by atoms with E-state index in [4.69, 9.17) is 0 Å². The number of amides is 2. The van der Waals surface area contributed by atoms with Crippen LogP contribution in [0, 0.1) is 13.8 Å². The number of aromatic nitrogens is 1. The van der Waals surface area contributed by atoms with E-state index < -0.39 is 0 Å². The van der Waals surface area contributed by atoms with E-state index in [-0.39, 0.29) is 11.8 Å². The first kappa shape index (κ1) is 21.7. The maximum Gasteiger partial charge on any atom is 0.258 e. The van der Waals surface area contributed by atoms with Gasteiger partial charge in [0.05, 0.1) is 12.2 Å². The number of para-hydroxylation sites is 1. The fraction of sp³-hybridized carbons (Fsp3) is 0.167. The van der Waals surface area contributed by atoms with Gasteiger partial charge < -0.3 is 10.6 Å². The number of rotatable bonds is 5. The molecule has 158 valence electrons. The van der Waals surface area contributed by atoms with Gasteiger partial charge in [-0.2, -0.15) is 0 Å². The van der Waals surface area contributed by atoms with Gasteiger partial charge in [-0.1, -0.05) is 30.3 Å². The van der Waals surface area contributed by atoms with Crippen LogP contribution < -0.4 is 16.0 Å². The number of nitrogens with one attached hydrogen (secondary N) is 3. The summed E-state index contributed by atoms with van der Waals surface area (Å²) in [5.74, 6) is -0.224. The molecule has 0 saturated carbocycles. The van der Waals surface area contributed by atoms with Gasteiger partial charge in [-0.15, -0.1) is 0 Å². The Balaban J connectivity index is 1.84. The zero-order valence-electron chi connectivity index (χ0n) is 17.8. The summed E-state index contributed by atoms with van der Waals surface area (Å²) in [6.07, 6.45) is 1.70. The molecule has 0 bridgehead atoms. The molecule has 0 radical (unpaired) electrons. The molecule has 3 rings (SSSR count). The molecule has 0 aliphatic carbocycles. The van der Waals surface area contributed by atoms with Crippen LogP contribution in [0.1, 0.15) is 34.1 Å². The van der Waals surface area contributed by atoms with Crippen molar-refractivity contribution < 1.29 is 9.59 Å². The molecule has 0 fully saturated rings. The largest absolute Gasteiger partial charge is 0.326 e. The fourth-order valence-corrected chi connectivity index (χ4v) is 2.87. The molecule has 0 aliphatic heterocycles. The van der Waals surface area contributed by atoms with Crippen molar-refractivity contribution in [3.05, 3.63) is 89.2 Å². The van der Waals surface area contributed by atoms with Gasteiger partial charge in [-0.3, -0.25) is 19.9 Å². The van der Waals surface area contributed by atoms with E-state index in [1.165, 1.54) is 6.92 Å². The zero-order valence-corrected chi connectivity index (χ0v) is 17.8. The number of hydrogen-bond donors (Lipinski definition) is 3. The monoisotopic (exact) mass is 415 g/mol. The van der Waals surface area contributed by atoms with Gasteiger partial charge in [0.2, 0.25) is 11.9 Å². The molecule has 1 aromatic heterocycles. The minimum Gasteiger partial charge on any atom is -0.326 e. The van der Waals surface area contributed by atoms with Gasteiger partial charge in [0.25, 0.3) is 5.91 Å². The predicted octanol–water partition coefficient (Wildman–Crippen LogP) is 4.05. The number of carbonyl (C=O) groups is 2. The Morgan fingerprint density at radius 1 is 0.903 bits per heavy atom. The highest BCUT2D eigenvalue weighted by Crippen LogP contribution is 2.17. The number of guanidine groups is 1. The number of carbonyl (C=O) groups excluding carboxylic acids is 2. The molecule has 0 aliphatic rings. The first-order valence-electron chi connectivity index (χ1n) is 9.89. The first-order valence-corrected chi connectivity index (χ1v) is 9.89. The zero-order chi connectivity index (χ0) is 22.2. The van der Waals surface area contributed by atoms with Crippen LogP contribution >= 0.6 is 0 Å². The number of aryl methyl sites for hydroxylation is 2. The average Bonchev–Trinajstić information content (AvgIpc) is 2.75. The standard InChI is InChI=1S/C24H25N5O2/c1-16-8-4-5-10-21(16)28-24(26-15-20-9-6-7-13-25-20)29-23(31)19-12-11-17(2)22(14-19)27-18(3)30/h4-14H,15H2,1-3H3,(H,27,30)(H2,26,28,29,31). The summed E-state index contributed by atoms with van der Waals surface area (Å²) in [6, 6.07) is 18.5. The molecule has 0 saturated heterocycles. The Hall–Kier alpha value is -4.00. The Morgan fingerprint density at radius 3 is 2.35 bits per heavy atom. The molecule has 3 aromatic rings. The second-order valence-corrected chi connectivity index (χ2v) is 7.09. The number of benzene rings is 2. The highest BCUT2D eigenvalue weighted by Gasteiger charge is 2.12. The molecule has 1 heterocycles. The Labute approximate surface area is 181 Å². The fourth-order valence-electron chi connectivity index (χ4n) is 2.87. The minimum absolute atomic E-state index is 0.195. The lowest BCUT2D eigenvalue weighted by Gasteiger charge is -2.14. The van der Waals surface area contributed by atoms with Gasteiger partial charge in [-0.25, -0.2) is 4.99 Å². The van der Waals surface area contributed by atoms with Gasteiger partial charge in [0.15, 0.2) is 0 Å². The van der Waals surface area contributed by atoms with Crippen LogP contribution in [0.2, 0.25) is 0 Å². The predicted molar refractivity (Wildman–Crippen MR) is 123 cm³/mol. The van der Waals surface area contributed by atoms with Crippen LogP contribution in [0.5, 0.6) is 0 Å². The molecule has 2 aromatic carbocycles. The van der Waals surface area contributed by atoms with Gasteiger partial charge in [0, 0.05) is 30.1 Å². The number of pyridine rings is 1. The van der Waals surface area contributed by atoms with Crippen molar-refractivity contribution in [2.45, 2.75) is 27.3 Å². The Kier molecular flexibility index (Phi) is 7.11. The van der Waals surface area contributed by atoms with E-state index in [1.807, 2.05) is 56.3 Å². The van der Waals surface area contributed by atoms with Crippen LogP contribution in [0.15, 0.2) is 71.9 Å². The number of nitrogens with zero attached hydrogens (tertiary/aromatic N) is 2. The van der Waals surface area contributed by atoms with Crippen molar-refractivity contribution in [3.63, 3.8) is 0 Å². The van der Waals surface area contributed by atoms with Gasteiger partial charge in [-0.05, 0) is 55.3 Å². The summed E-state index contributed by atoms with van der Waals surface area (Å²) in [5, 5.41) is 8.78. The van der Waals surface area contributed by atoms with E-state index in [1.54, 1.807) is 24.4 Å². The van der Waals surface area contributed by atoms with Crippen LogP contribution in [-0.2, 0) is 11.3 Å². The molecule has 3 N–H and O–H groups in total. The lowest BCUT2D eigenvalue weighted by atomic mass is 10.1. The van der Waals surface area contributed by atoms with E-state index in [0.29, 0.717) is 23.8 Å². The maximum atomic E-state index is 12.9. The average molecular weight is 415 g/mol. The number of aliphatic imine (C=N–C) groups is 1. The van der Waals surface area contributed by atoms with Gasteiger partial charge in [0.1, 0.15) is 0 Å². The van der Waals surface area contributed by atoms with Crippen LogP contribution in [0.4, 0.5) is 11.4 Å². The third-order valence-corrected chi connectivity index (χ3v) is 4.57. The number of hydrogen-bond acceptors (Lipinski definition) is 4. The summed E-state index contributed by atoms with van der Waals surface area (Å²) < 4.78 is 0. The smallest absolute Gasteiger partial charge is 0.258 e. The Bertz CT molecular complexity index is 1110. The molecule has 0 unspecified atom stereocenters. The third-order valence-electron chi connectivity index (χ3n) is 4.57. The lowest BCUT2D eigenvalue weighted by molar-refractivity contribution is -0.114. The van der Waals surface area contributed by atoms with E-state index in [2.05, 4.69) is 25.9 Å². The molecule has 7 heteroatoms.